The van der Waals surface area contributed by atoms with Gasteiger partial charge in [-0.1, -0.05) is 13.0 Å². The summed E-state index contributed by atoms with van der Waals surface area (Å²) in [7, 11) is 0. The van der Waals surface area contributed by atoms with Crippen LogP contribution in [0.5, 0.6) is 11.5 Å². The number of hydrogen-bond acceptors (Lipinski definition) is 6. The molecule has 0 saturated carbocycles. The highest BCUT2D eigenvalue weighted by atomic mass is 19.1. The Kier molecular flexibility index (Phi) is 5.80. The molecule has 2 aromatic rings. The lowest BCUT2D eigenvalue weighted by Gasteiger charge is -2.40. The highest BCUT2D eigenvalue weighted by Gasteiger charge is 2.39. The largest absolute Gasteiger partial charge is 0.493 e. The number of aliphatic hydroxyl groups is 1. The van der Waals surface area contributed by atoms with Crippen LogP contribution in [0.25, 0.3) is 0 Å². The van der Waals surface area contributed by atoms with Crippen LogP contribution in [0.2, 0.25) is 0 Å². The van der Waals surface area contributed by atoms with Gasteiger partial charge in [-0.15, -0.1) is 0 Å². The second-order valence-corrected chi connectivity index (χ2v) is 8.63. The highest BCUT2D eigenvalue weighted by Crippen LogP contribution is 2.43. The normalized spacial score (nSPS) is 21.8. The van der Waals surface area contributed by atoms with E-state index in [2.05, 4.69) is 0 Å². The fourth-order valence-electron chi connectivity index (χ4n) is 4.86. The Labute approximate surface area is 191 Å². The average molecular weight is 455 g/mol. The maximum absolute atomic E-state index is 14.5. The molecule has 33 heavy (non-hydrogen) atoms. The van der Waals surface area contributed by atoms with Crippen molar-refractivity contribution >= 4 is 11.7 Å². The Morgan fingerprint density at radius 1 is 1.21 bits per heavy atom. The van der Waals surface area contributed by atoms with Crippen LogP contribution in [0.1, 0.15) is 57.2 Å². The first-order chi connectivity index (χ1) is 16.0. The molecule has 0 bridgehead atoms. The summed E-state index contributed by atoms with van der Waals surface area (Å²) >= 11 is 0. The molecule has 3 aliphatic heterocycles. The molecule has 1 amide bonds. The van der Waals surface area contributed by atoms with E-state index < -0.39 is 11.9 Å². The molecule has 2 aromatic carbocycles. The number of carbonyl (C=O) groups is 2. The molecule has 7 nitrogen and oxygen atoms in total. The Bertz CT molecular complexity index is 1120. The summed E-state index contributed by atoms with van der Waals surface area (Å²) in [5.74, 6) is 0.219. The van der Waals surface area contributed by atoms with Crippen molar-refractivity contribution in [1.82, 2.24) is 4.90 Å². The minimum atomic E-state index is -0.766. The smallest absolute Gasteiger partial charge is 0.260 e. The molecule has 1 N–H and O–H groups in total. The minimum Gasteiger partial charge on any atom is -0.493 e. The van der Waals surface area contributed by atoms with Gasteiger partial charge in [0.25, 0.3) is 5.91 Å². The maximum Gasteiger partial charge on any atom is 0.260 e. The van der Waals surface area contributed by atoms with Gasteiger partial charge < -0.3 is 19.3 Å². The molecule has 1 saturated heterocycles. The number of amides is 1. The van der Waals surface area contributed by atoms with Crippen molar-refractivity contribution < 1.29 is 33.3 Å². The van der Waals surface area contributed by atoms with Crippen molar-refractivity contribution in [3.05, 3.63) is 57.9 Å². The molecule has 3 heterocycles. The summed E-state index contributed by atoms with van der Waals surface area (Å²) in [6.45, 7) is 2.91. The van der Waals surface area contributed by atoms with Crippen molar-refractivity contribution in [1.29, 1.82) is 0 Å². The van der Waals surface area contributed by atoms with Gasteiger partial charge in [-0.25, -0.2) is 4.39 Å². The molecular formula is C25H26FNO6. The molecule has 1 fully saturated rings. The van der Waals surface area contributed by atoms with Crippen LogP contribution in [0.4, 0.5) is 4.39 Å². The van der Waals surface area contributed by atoms with Crippen LogP contribution < -0.4 is 9.47 Å². The molecule has 2 atom stereocenters. The maximum atomic E-state index is 14.5. The molecule has 174 valence electrons. The number of benzene rings is 2. The molecule has 0 radical (unpaired) electrons. The van der Waals surface area contributed by atoms with Crippen LogP contribution in [0.15, 0.2) is 24.3 Å². The van der Waals surface area contributed by atoms with Crippen LogP contribution in [-0.4, -0.2) is 60.4 Å². The number of fused-ring (bicyclic) bond motifs is 3. The van der Waals surface area contributed by atoms with Gasteiger partial charge in [0, 0.05) is 31.4 Å². The van der Waals surface area contributed by atoms with Crippen molar-refractivity contribution in [2.45, 2.75) is 44.8 Å². The number of halogens is 1. The van der Waals surface area contributed by atoms with E-state index in [1.165, 1.54) is 12.1 Å². The monoisotopic (exact) mass is 455 g/mol. The van der Waals surface area contributed by atoms with Gasteiger partial charge in [0.05, 0.1) is 36.5 Å². The Hall–Kier alpha value is -2.97. The quantitative estimate of drug-likeness (QED) is 0.698. The highest BCUT2D eigenvalue weighted by molar-refractivity contribution is 5.99. The zero-order valence-corrected chi connectivity index (χ0v) is 18.4. The summed E-state index contributed by atoms with van der Waals surface area (Å²) in [5, 5.41) is 10.3. The summed E-state index contributed by atoms with van der Waals surface area (Å²) in [6, 6.07) is 5.99. The number of nitrogens with zero attached hydrogens (tertiary/aromatic N) is 1. The number of carbonyl (C=O) groups excluding carboxylic acids is 2. The summed E-state index contributed by atoms with van der Waals surface area (Å²) in [5.41, 5.74) is 2.81. The molecule has 5 rings (SSSR count). The predicted molar refractivity (Wildman–Crippen MR) is 116 cm³/mol. The summed E-state index contributed by atoms with van der Waals surface area (Å²) in [6.07, 6.45) is 0.979. The van der Waals surface area contributed by atoms with Gasteiger partial charge >= 0.3 is 0 Å². The molecule has 8 heteroatoms. The molecule has 3 aliphatic rings. The van der Waals surface area contributed by atoms with E-state index in [0.717, 1.165) is 11.1 Å². The number of hydrogen-bond donors (Lipinski definition) is 1. The summed E-state index contributed by atoms with van der Waals surface area (Å²) < 4.78 is 31.7. The van der Waals surface area contributed by atoms with Gasteiger partial charge in [0.2, 0.25) is 0 Å². The van der Waals surface area contributed by atoms with E-state index in [1.54, 1.807) is 24.0 Å². The Balaban J connectivity index is 1.48. The average Bonchev–Trinajstić information content (AvgIpc) is 3.31. The van der Waals surface area contributed by atoms with Crippen LogP contribution in [0, 0.1) is 5.82 Å². The van der Waals surface area contributed by atoms with Crippen LogP contribution in [0.3, 0.4) is 0 Å². The van der Waals surface area contributed by atoms with Crippen LogP contribution >= 0.6 is 0 Å². The lowest BCUT2D eigenvalue weighted by Crippen LogP contribution is -2.54. The lowest BCUT2D eigenvalue weighted by molar-refractivity contribution is -0.0714. The molecule has 0 aromatic heterocycles. The lowest BCUT2D eigenvalue weighted by atomic mass is 9.94. The van der Waals surface area contributed by atoms with E-state index >= 15 is 0 Å². The number of aliphatic hydroxyl groups excluding tert-OH is 1. The van der Waals surface area contributed by atoms with Crippen LogP contribution in [-0.2, 0) is 17.6 Å². The topological polar surface area (TPSA) is 85.3 Å². The second-order valence-electron chi connectivity index (χ2n) is 8.63. The standard InChI is InChI=1S/C25H26FNO6/c1-2-21(28)16-4-3-14(10-19(16)26)9-15-11-18-24(17-5-8-32-23(15)17)33-13-27(25(18)30)20-6-7-31-12-22(20)29/h3-4,10-11,20,22,29H,2,5-9,12-13H2,1H3/t20-,22-/m0/s1. The second kappa shape index (κ2) is 8.76. The van der Waals surface area contributed by atoms with Gasteiger partial charge in [-0.3, -0.25) is 14.5 Å². The van der Waals surface area contributed by atoms with E-state index in [4.69, 9.17) is 14.2 Å². The van der Waals surface area contributed by atoms with E-state index in [1.807, 2.05) is 0 Å². The van der Waals surface area contributed by atoms with Gasteiger partial charge in [-0.2, -0.15) is 0 Å². The van der Waals surface area contributed by atoms with E-state index in [-0.39, 0.29) is 43.1 Å². The third-order valence-electron chi connectivity index (χ3n) is 6.58. The minimum absolute atomic E-state index is 0.0669. The molecule has 0 aliphatic carbocycles. The molecule has 0 unspecified atom stereocenters. The first kappa shape index (κ1) is 21.9. The third kappa shape index (κ3) is 3.87. The zero-order valence-electron chi connectivity index (χ0n) is 18.4. The first-order valence-electron chi connectivity index (χ1n) is 11.3. The van der Waals surface area contributed by atoms with E-state index in [0.29, 0.717) is 55.1 Å². The van der Waals surface area contributed by atoms with Gasteiger partial charge in [0.15, 0.2) is 12.5 Å². The van der Waals surface area contributed by atoms with E-state index in [9.17, 15) is 19.1 Å². The van der Waals surface area contributed by atoms with Crippen molar-refractivity contribution in [2.75, 3.05) is 26.6 Å². The first-order valence-corrected chi connectivity index (χ1v) is 11.3. The van der Waals surface area contributed by atoms with Gasteiger partial charge in [0.1, 0.15) is 17.3 Å². The SMILES string of the molecule is CCC(=O)c1ccc(Cc2cc3c(c4c2OCC4)OCN([C@H]2CCOC[C@@H]2O)C3=O)cc1F. The number of ketones is 1. The van der Waals surface area contributed by atoms with Gasteiger partial charge in [-0.05, 0) is 35.7 Å². The fourth-order valence-corrected chi connectivity index (χ4v) is 4.86. The Morgan fingerprint density at radius 3 is 2.82 bits per heavy atom. The molecular weight excluding hydrogens is 429 g/mol. The predicted octanol–water partition coefficient (Wildman–Crippen LogP) is 2.89. The fraction of sp³-hybridized carbons (Fsp3) is 0.440. The summed E-state index contributed by atoms with van der Waals surface area (Å²) in [4.78, 5) is 26.9. The molecule has 0 spiro atoms. The number of ether oxygens (including phenoxy) is 3. The third-order valence-corrected chi connectivity index (χ3v) is 6.58. The number of rotatable bonds is 5. The van der Waals surface area contributed by atoms with Crippen molar-refractivity contribution in [3.63, 3.8) is 0 Å². The van der Waals surface area contributed by atoms with Crippen molar-refractivity contribution in [3.8, 4) is 11.5 Å². The Morgan fingerprint density at radius 2 is 2.06 bits per heavy atom. The van der Waals surface area contributed by atoms with Crippen molar-refractivity contribution in [2.24, 2.45) is 0 Å². The zero-order chi connectivity index (χ0) is 23.1. The number of Topliss-reactive ketones (excluding diaryl/α,β-unsaturated/α-hetero) is 1.